The number of benzene rings is 2. The van der Waals surface area contributed by atoms with Gasteiger partial charge in [0.1, 0.15) is 11.3 Å². The van der Waals surface area contributed by atoms with E-state index in [1.54, 1.807) is 12.3 Å². The number of anilines is 1. The number of piperazine rings is 1. The SMILES string of the molecule is O=C(Cc1coc2cc3c(cc12)CCC3)N1CCN(c2ccccc2O)CC1. The zero-order valence-electron chi connectivity index (χ0n) is 15.9. The number of carbonyl (C=O) groups is 1. The standard InChI is InChI=1S/C23H24N2O3/c26-21-7-2-1-6-20(21)24-8-10-25(11-9-24)23(27)14-18-15-28-22-13-17-5-3-4-16(17)12-19(18)22/h1-2,6-7,12-13,15,26H,3-5,8-11,14H2. The van der Waals surface area contributed by atoms with Gasteiger partial charge < -0.3 is 19.3 Å². The van der Waals surface area contributed by atoms with Crippen molar-refractivity contribution < 1.29 is 14.3 Å². The summed E-state index contributed by atoms with van der Waals surface area (Å²) >= 11 is 0. The maximum atomic E-state index is 12.9. The minimum atomic E-state index is 0.139. The number of hydrogen-bond donors (Lipinski definition) is 1. The third-order valence-electron chi connectivity index (χ3n) is 6.06. The molecule has 1 amide bonds. The van der Waals surface area contributed by atoms with Crippen LogP contribution < -0.4 is 4.90 Å². The fourth-order valence-corrected chi connectivity index (χ4v) is 4.49. The summed E-state index contributed by atoms with van der Waals surface area (Å²) in [6.07, 6.45) is 5.58. The second kappa shape index (κ2) is 6.89. The number of furan rings is 1. The zero-order valence-corrected chi connectivity index (χ0v) is 15.9. The van der Waals surface area contributed by atoms with Crippen LogP contribution in [0.4, 0.5) is 5.69 Å². The predicted molar refractivity (Wildman–Crippen MR) is 109 cm³/mol. The minimum absolute atomic E-state index is 0.139. The van der Waals surface area contributed by atoms with Crippen LogP contribution in [0.5, 0.6) is 5.75 Å². The highest BCUT2D eigenvalue weighted by Gasteiger charge is 2.24. The summed E-state index contributed by atoms with van der Waals surface area (Å²) in [4.78, 5) is 16.9. The Bertz CT molecular complexity index is 1030. The summed E-state index contributed by atoms with van der Waals surface area (Å²) in [7, 11) is 0. The molecule has 5 heteroatoms. The number of rotatable bonds is 3. The lowest BCUT2D eigenvalue weighted by Crippen LogP contribution is -2.49. The maximum Gasteiger partial charge on any atom is 0.227 e. The minimum Gasteiger partial charge on any atom is -0.506 e. The Morgan fingerprint density at radius 3 is 2.57 bits per heavy atom. The third-order valence-corrected chi connectivity index (χ3v) is 6.06. The van der Waals surface area contributed by atoms with Crippen LogP contribution in [0, 0.1) is 0 Å². The quantitative estimate of drug-likeness (QED) is 0.760. The largest absolute Gasteiger partial charge is 0.506 e. The lowest BCUT2D eigenvalue weighted by molar-refractivity contribution is -0.130. The number of aromatic hydroxyl groups is 1. The van der Waals surface area contributed by atoms with Gasteiger partial charge in [0.15, 0.2) is 0 Å². The second-order valence-electron chi connectivity index (χ2n) is 7.76. The van der Waals surface area contributed by atoms with E-state index >= 15 is 0 Å². The lowest BCUT2D eigenvalue weighted by atomic mass is 10.0. The number of aryl methyl sites for hydroxylation is 2. The van der Waals surface area contributed by atoms with E-state index in [1.165, 1.54) is 17.5 Å². The molecular weight excluding hydrogens is 352 g/mol. The fourth-order valence-electron chi connectivity index (χ4n) is 4.49. The molecule has 0 unspecified atom stereocenters. The van der Waals surface area contributed by atoms with Crippen LogP contribution in [0.15, 0.2) is 47.1 Å². The molecule has 28 heavy (non-hydrogen) atoms. The topological polar surface area (TPSA) is 56.9 Å². The highest BCUT2D eigenvalue weighted by Crippen LogP contribution is 2.31. The van der Waals surface area contributed by atoms with E-state index in [-0.39, 0.29) is 5.91 Å². The summed E-state index contributed by atoms with van der Waals surface area (Å²) in [5.41, 5.74) is 5.51. The van der Waals surface area contributed by atoms with Gasteiger partial charge in [0.25, 0.3) is 0 Å². The van der Waals surface area contributed by atoms with Gasteiger partial charge in [0.05, 0.1) is 18.4 Å². The molecule has 5 nitrogen and oxygen atoms in total. The molecule has 5 rings (SSSR count). The molecule has 1 N–H and O–H groups in total. The summed E-state index contributed by atoms with van der Waals surface area (Å²) in [6.45, 7) is 2.78. The number of phenols is 1. The summed E-state index contributed by atoms with van der Waals surface area (Å²) in [5.74, 6) is 0.430. The lowest BCUT2D eigenvalue weighted by Gasteiger charge is -2.36. The normalized spacial score (nSPS) is 16.6. The zero-order chi connectivity index (χ0) is 19.1. The number of amides is 1. The summed E-state index contributed by atoms with van der Waals surface area (Å²) in [5, 5.41) is 11.1. The van der Waals surface area contributed by atoms with E-state index < -0.39 is 0 Å². The van der Waals surface area contributed by atoms with Crippen LogP contribution >= 0.6 is 0 Å². The van der Waals surface area contributed by atoms with E-state index in [0.29, 0.717) is 25.3 Å². The van der Waals surface area contributed by atoms with Gasteiger partial charge in [-0.3, -0.25) is 4.79 Å². The van der Waals surface area contributed by atoms with Crippen molar-refractivity contribution in [1.82, 2.24) is 4.90 Å². The molecule has 0 saturated carbocycles. The Labute approximate surface area is 164 Å². The Hall–Kier alpha value is -2.95. The van der Waals surface area contributed by atoms with Crippen LogP contribution in [-0.2, 0) is 24.1 Å². The highest BCUT2D eigenvalue weighted by molar-refractivity contribution is 5.88. The fraction of sp³-hybridized carbons (Fsp3) is 0.348. The van der Waals surface area contributed by atoms with Crippen molar-refractivity contribution in [2.24, 2.45) is 0 Å². The van der Waals surface area contributed by atoms with Crippen LogP contribution in [0.2, 0.25) is 0 Å². The molecule has 0 spiro atoms. The van der Waals surface area contributed by atoms with Crippen molar-refractivity contribution in [2.45, 2.75) is 25.7 Å². The summed E-state index contributed by atoms with van der Waals surface area (Å²) in [6, 6.07) is 11.7. The van der Waals surface area contributed by atoms with Gasteiger partial charge in [0, 0.05) is 37.1 Å². The molecule has 0 atom stereocenters. The van der Waals surface area contributed by atoms with Crippen molar-refractivity contribution in [3.05, 3.63) is 59.4 Å². The van der Waals surface area contributed by atoms with Gasteiger partial charge in [-0.1, -0.05) is 12.1 Å². The smallest absolute Gasteiger partial charge is 0.227 e. The van der Waals surface area contributed by atoms with Crippen molar-refractivity contribution in [3.8, 4) is 5.75 Å². The summed E-state index contributed by atoms with van der Waals surface area (Å²) < 4.78 is 5.74. The molecule has 1 fully saturated rings. The molecule has 2 aromatic carbocycles. The number of carbonyl (C=O) groups excluding carboxylic acids is 1. The second-order valence-corrected chi connectivity index (χ2v) is 7.76. The molecule has 1 aliphatic carbocycles. The van der Waals surface area contributed by atoms with Gasteiger partial charge in [0.2, 0.25) is 5.91 Å². The molecule has 2 aliphatic rings. The van der Waals surface area contributed by atoms with Crippen LogP contribution in [0.25, 0.3) is 11.0 Å². The van der Waals surface area contributed by atoms with Crippen LogP contribution in [-0.4, -0.2) is 42.1 Å². The number of fused-ring (bicyclic) bond motifs is 2. The molecule has 0 bridgehead atoms. The molecule has 144 valence electrons. The first-order valence-electron chi connectivity index (χ1n) is 10.0. The van der Waals surface area contributed by atoms with Crippen molar-refractivity contribution in [1.29, 1.82) is 0 Å². The Balaban J connectivity index is 1.27. The monoisotopic (exact) mass is 376 g/mol. The average molecular weight is 376 g/mol. The molecule has 3 aromatic rings. The molecule has 1 aromatic heterocycles. The van der Waals surface area contributed by atoms with Crippen LogP contribution in [0.3, 0.4) is 0 Å². The number of nitrogens with zero attached hydrogens (tertiary/aromatic N) is 2. The van der Waals surface area contributed by atoms with E-state index in [9.17, 15) is 9.90 Å². The predicted octanol–water partition coefficient (Wildman–Crippen LogP) is 3.52. The van der Waals surface area contributed by atoms with E-state index in [1.807, 2.05) is 23.1 Å². The Morgan fingerprint density at radius 2 is 1.79 bits per heavy atom. The number of hydrogen-bond acceptors (Lipinski definition) is 4. The number of para-hydroxylation sites is 2. The van der Waals surface area contributed by atoms with E-state index in [2.05, 4.69) is 17.0 Å². The van der Waals surface area contributed by atoms with Crippen LogP contribution in [0.1, 0.15) is 23.1 Å². The Morgan fingerprint density at radius 1 is 1.04 bits per heavy atom. The molecule has 1 saturated heterocycles. The van der Waals surface area contributed by atoms with Gasteiger partial charge >= 0.3 is 0 Å². The molecule has 2 heterocycles. The molecular formula is C23H24N2O3. The maximum absolute atomic E-state index is 12.9. The first kappa shape index (κ1) is 17.2. The van der Waals surface area contributed by atoms with Crippen molar-refractivity contribution >= 4 is 22.6 Å². The van der Waals surface area contributed by atoms with E-state index in [4.69, 9.17) is 4.42 Å². The highest BCUT2D eigenvalue weighted by atomic mass is 16.3. The van der Waals surface area contributed by atoms with Gasteiger partial charge in [-0.15, -0.1) is 0 Å². The van der Waals surface area contributed by atoms with Crippen molar-refractivity contribution in [2.75, 3.05) is 31.1 Å². The van der Waals surface area contributed by atoms with Gasteiger partial charge in [-0.05, 0) is 54.7 Å². The van der Waals surface area contributed by atoms with Gasteiger partial charge in [-0.25, -0.2) is 0 Å². The molecule has 1 aliphatic heterocycles. The molecule has 0 radical (unpaired) electrons. The van der Waals surface area contributed by atoms with E-state index in [0.717, 1.165) is 48.2 Å². The van der Waals surface area contributed by atoms with Gasteiger partial charge in [-0.2, -0.15) is 0 Å². The Kier molecular flexibility index (Phi) is 4.23. The number of phenolic OH excluding ortho intramolecular Hbond substituents is 1. The average Bonchev–Trinajstić information content (AvgIpc) is 3.33. The third kappa shape index (κ3) is 3.01. The first-order valence-corrected chi connectivity index (χ1v) is 10.0. The first-order chi connectivity index (χ1) is 13.7. The van der Waals surface area contributed by atoms with Crippen molar-refractivity contribution in [3.63, 3.8) is 0 Å².